The van der Waals surface area contributed by atoms with Gasteiger partial charge in [-0.05, 0) is 193 Å². The van der Waals surface area contributed by atoms with E-state index in [1.807, 2.05) is 0 Å². The first-order chi connectivity index (χ1) is 43.7. The Morgan fingerprint density at radius 3 is 0.824 bits per heavy atom. The Hall–Kier alpha value is -5.54. The van der Waals surface area contributed by atoms with Crippen LogP contribution in [0.3, 0.4) is 0 Å². The average molecular weight is 1280 g/mol. The molecule has 0 heterocycles. The number of nitrogens with two attached hydrogens (primary N) is 6. The summed E-state index contributed by atoms with van der Waals surface area (Å²) in [6.07, 6.45) is 19.5. The van der Waals surface area contributed by atoms with Gasteiger partial charge in [0.05, 0.1) is 5.54 Å². The van der Waals surface area contributed by atoms with E-state index in [4.69, 9.17) is 34.4 Å². The molecule has 22 N–H and O–H groups in total. The maximum atomic E-state index is 15.3. The van der Waals surface area contributed by atoms with E-state index in [9.17, 15) is 33.9 Å². The summed E-state index contributed by atoms with van der Waals surface area (Å²) in [6, 6.07) is -5.64. The maximum absolute atomic E-state index is 15.3. The van der Waals surface area contributed by atoms with Crippen LogP contribution in [0.25, 0.3) is 0 Å². The first kappa shape index (κ1) is 76.2. The molecule has 26 nitrogen and oxygen atoms in total. The van der Waals surface area contributed by atoms with Crippen molar-refractivity contribution >= 4 is 59.1 Å². The molecule has 26 heteroatoms. The van der Waals surface area contributed by atoms with Crippen molar-refractivity contribution in [3.05, 3.63) is 0 Å². The molecular formula is C65H117N15O11. The Kier molecular flexibility index (Phi) is 32.3. The van der Waals surface area contributed by atoms with Crippen LogP contribution in [0.4, 0.5) is 0 Å². The average Bonchev–Trinajstić information content (AvgIpc) is 0.856. The normalized spacial score (nSPS) is 20.7. The second kappa shape index (κ2) is 38.6. The number of carboxylic acid groups (broad SMARTS) is 1. The first-order valence-electron chi connectivity index (χ1n) is 35.1. The summed E-state index contributed by atoms with van der Waals surface area (Å²) in [5.74, 6) is -6.33. The molecule has 5 fully saturated rings. The van der Waals surface area contributed by atoms with Gasteiger partial charge < -0.3 is 87.4 Å². The van der Waals surface area contributed by atoms with E-state index >= 15 is 19.2 Å². The highest BCUT2D eigenvalue weighted by atomic mass is 16.4. The summed E-state index contributed by atoms with van der Waals surface area (Å²) in [5.41, 5.74) is 28.7. The molecule has 0 spiro atoms. The zero-order valence-electron chi connectivity index (χ0n) is 54.7. The van der Waals surface area contributed by atoms with Crippen LogP contribution in [0.1, 0.15) is 257 Å². The minimum Gasteiger partial charge on any atom is -0.480 e. The molecule has 0 aromatic rings. The lowest BCUT2D eigenvalue weighted by molar-refractivity contribution is -0.144. The molecule has 5 atom stereocenters. The number of carbonyl (C=O) groups excluding carboxylic acids is 9. The van der Waals surface area contributed by atoms with Crippen molar-refractivity contribution in [3.8, 4) is 0 Å². The molecule has 0 unspecified atom stereocenters. The van der Waals surface area contributed by atoms with Gasteiger partial charge in [-0.2, -0.15) is 0 Å². The lowest BCUT2D eigenvalue weighted by atomic mass is 9.76. The fourth-order valence-corrected chi connectivity index (χ4v) is 14.2. The standard InChI is InChI=1S/C65H117N15O11/c66-41-21-6-26-46(74-56(87)61(71)31-11-1-12-32-61)51(81)72-48(28-8-23-43-68)53(83)77-64(37-17-4-18-38-64)59(90)80-63(35-15-3-16-36-63)58(89)76-49(29-9-24-44-69)54(84)78-65(39-19-5-20-40-65)60(91)79-62(33-13-2-14-34-62)57(88)75-47(27-7-22-42-67)52(82)73-50(55(85)86)30-10-25-45-70/h46-50H,1-45,66-71H2,(H,72,81)(H,73,82)(H,74,87)(H,75,88)(H,76,89)(H,77,83)(H,78,84)(H,79,91)(H,80,90)(H,85,86)/t46-,47+,48+,49-,50-/m0/s1. The van der Waals surface area contributed by atoms with Crippen molar-refractivity contribution in [3.63, 3.8) is 0 Å². The third-order valence-corrected chi connectivity index (χ3v) is 20.0. The molecule has 0 radical (unpaired) electrons. The number of hydrogen-bond acceptors (Lipinski definition) is 16. The van der Waals surface area contributed by atoms with E-state index in [1.54, 1.807) is 0 Å². The SMILES string of the molecule is NCCCC[C@H](NC(=O)[C@@H](CCCCN)NC(=O)C1(NC(=O)C2(NC(=O)[C@H](CCCCN)NC(=O)C3(NC(=O)C4(NC(=O)[C@@H](CCCCN)NC(=O)[C@H](CCCCN)NC(=O)C5(N)CCCCC5)CCCCC4)CCCCC3)CCCCC2)CCCCC1)C(=O)O. The van der Waals surface area contributed by atoms with Crippen LogP contribution in [0, 0.1) is 0 Å². The fourth-order valence-electron chi connectivity index (χ4n) is 14.2. The van der Waals surface area contributed by atoms with Gasteiger partial charge in [-0.3, -0.25) is 43.2 Å². The lowest BCUT2D eigenvalue weighted by Crippen LogP contribution is -2.71. The highest BCUT2D eigenvalue weighted by Gasteiger charge is 2.52. The van der Waals surface area contributed by atoms with Crippen molar-refractivity contribution in [1.29, 1.82) is 0 Å². The number of unbranched alkanes of at least 4 members (excludes halogenated alkanes) is 5. The van der Waals surface area contributed by atoms with E-state index in [-0.39, 0.29) is 83.5 Å². The van der Waals surface area contributed by atoms with Crippen LogP contribution in [0.2, 0.25) is 0 Å². The lowest BCUT2D eigenvalue weighted by Gasteiger charge is -2.44. The first-order valence-corrected chi connectivity index (χ1v) is 35.1. The van der Waals surface area contributed by atoms with Crippen LogP contribution in [0.15, 0.2) is 0 Å². The molecule has 0 bridgehead atoms. The molecule has 5 rings (SSSR count). The molecule has 9 amide bonds. The Morgan fingerprint density at radius 2 is 0.527 bits per heavy atom. The summed E-state index contributed by atoms with van der Waals surface area (Å²) in [7, 11) is 0. The van der Waals surface area contributed by atoms with Gasteiger partial charge in [0.2, 0.25) is 53.2 Å². The van der Waals surface area contributed by atoms with Gasteiger partial charge in [-0.25, -0.2) is 4.79 Å². The zero-order chi connectivity index (χ0) is 66.3. The van der Waals surface area contributed by atoms with Gasteiger partial charge in [-0.15, -0.1) is 0 Å². The fraction of sp³-hybridized carbons (Fsp3) is 0.846. The topological polar surface area (TPSA) is 455 Å². The van der Waals surface area contributed by atoms with Gasteiger partial charge in [0.25, 0.3) is 0 Å². The van der Waals surface area contributed by atoms with Gasteiger partial charge in [0.1, 0.15) is 52.4 Å². The summed E-state index contributed by atoms with van der Waals surface area (Å²) in [4.78, 5) is 145. The van der Waals surface area contributed by atoms with E-state index in [0.29, 0.717) is 161 Å². The van der Waals surface area contributed by atoms with Gasteiger partial charge >= 0.3 is 5.97 Å². The molecule has 0 aliphatic heterocycles. The Morgan fingerprint density at radius 1 is 0.286 bits per heavy atom. The van der Waals surface area contributed by atoms with E-state index in [0.717, 1.165) is 44.9 Å². The number of aliphatic carboxylic acids is 1. The summed E-state index contributed by atoms with van der Waals surface area (Å²) < 4.78 is 0. The summed E-state index contributed by atoms with van der Waals surface area (Å²) in [5, 5.41) is 36.9. The zero-order valence-corrected chi connectivity index (χ0v) is 54.7. The van der Waals surface area contributed by atoms with Gasteiger partial charge in [0, 0.05) is 0 Å². The van der Waals surface area contributed by atoms with Crippen molar-refractivity contribution < 1.29 is 53.1 Å². The van der Waals surface area contributed by atoms with Crippen LogP contribution >= 0.6 is 0 Å². The van der Waals surface area contributed by atoms with Crippen LogP contribution in [-0.2, 0) is 47.9 Å². The minimum absolute atomic E-state index is 0.147. The van der Waals surface area contributed by atoms with Crippen LogP contribution in [-0.4, -0.2) is 155 Å². The predicted octanol–water partition coefficient (Wildman–Crippen LogP) is 2.08. The molecule has 5 saturated carbocycles. The number of carbonyl (C=O) groups is 10. The number of amides is 9. The number of hydrogen-bond donors (Lipinski definition) is 16. The van der Waals surface area contributed by atoms with E-state index in [2.05, 4.69) is 47.9 Å². The maximum Gasteiger partial charge on any atom is 0.326 e. The second-order valence-electron chi connectivity index (χ2n) is 27.1. The minimum atomic E-state index is -1.50. The van der Waals surface area contributed by atoms with Gasteiger partial charge in [-0.1, -0.05) is 96.3 Å². The quantitative estimate of drug-likeness (QED) is 0.0392. The summed E-state index contributed by atoms with van der Waals surface area (Å²) >= 11 is 0. The third-order valence-electron chi connectivity index (χ3n) is 20.0. The van der Waals surface area contributed by atoms with Crippen molar-refractivity contribution in [1.82, 2.24) is 47.9 Å². The molecule has 0 saturated heterocycles. The second-order valence-corrected chi connectivity index (χ2v) is 27.1. The molecular weight excluding hydrogens is 1170 g/mol. The van der Waals surface area contributed by atoms with Crippen molar-refractivity contribution in [2.75, 3.05) is 32.7 Å². The molecule has 0 aromatic carbocycles. The Balaban J connectivity index is 1.38. The Labute approximate surface area is 539 Å². The highest BCUT2D eigenvalue weighted by Crippen LogP contribution is 2.36. The summed E-state index contributed by atoms with van der Waals surface area (Å²) in [6.45, 7) is 1.75. The smallest absolute Gasteiger partial charge is 0.326 e. The Bertz CT molecular complexity index is 2350. The largest absolute Gasteiger partial charge is 0.480 e. The molecule has 5 aliphatic carbocycles. The van der Waals surface area contributed by atoms with Crippen molar-refractivity contribution in [2.24, 2.45) is 34.4 Å². The monoisotopic (exact) mass is 1280 g/mol. The molecule has 5 aliphatic rings. The third kappa shape index (κ3) is 22.6. The van der Waals surface area contributed by atoms with Gasteiger partial charge in [0.15, 0.2) is 0 Å². The van der Waals surface area contributed by atoms with Crippen molar-refractivity contribution in [2.45, 2.75) is 315 Å². The van der Waals surface area contributed by atoms with Crippen LogP contribution in [0.5, 0.6) is 0 Å². The number of carboxylic acids is 1. The number of rotatable bonds is 39. The highest BCUT2D eigenvalue weighted by molar-refractivity contribution is 6.02. The number of nitrogens with one attached hydrogen (secondary N) is 9. The molecule has 518 valence electrons. The van der Waals surface area contributed by atoms with E-state index < -0.39 is 117 Å². The van der Waals surface area contributed by atoms with E-state index in [1.165, 1.54) is 0 Å². The predicted molar refractivity (Wildman–Crippen MR) is 348 cm³/mol. The van der Waals surface area contributed by atoms with Crippen LogP contribution < -0.4 is 82.3 Å². The molecule has 91 heavy (non-hydrogen) atoms. The molecule has 0 aromatic heterocycles.